The third-order valence-electron chi connectivity index (χ3n) is 7.47. The van der Waals surface area contributed by atoms with E-state index < -0.39 is 0 Å². The summed E-state index contributed by atoms with van der Waals surface area (Å²) >= 11 is 3.48. The van der Waals surface area contributed by atoms with Crippen LogP contribution in [0.3, 0.4) is 0 Å². The van der Waals surface area contributed by atoms with Crippen LogP contribution in [0, 0.1) is 0 Å². The Kier molecular flexibility index (Phi) is 55.8. The number of hydrogen-bond acceptors (Lipinski definition) is 4. The van der Waals surface area contributed by atoms with E-state index in [0.29, 0.717) is 6.61 Å². The first-order chi connectivity index (χ1) is 20.2. The fourth-order valence-corrected chi connectivity index (χ4v) is 5.25. The summed E-state index contributed by atoms with van der Waals surface area (Å²) in [5, 5.41) is 25.0. The van der Waals surface area contributed by atoms with Crippen molar-refractivity contribution in [2.24, 2.45) is 0 Å². The van der Waals surface area contributed by atoms with Gasteiger partial charge in [-0.05, 0) is 12.8 Å². The van der Waals surface area contributed by atoms with Crippen LogP contribution in [0.15, 0.2) is 0 Å². The summed E-state index contributed by atoms with van der Waals surface area (Å²) in [6.07, 6.45) is 39.7. The van der Waals surface area contributed by atoms with Crippen LogP contribution in [0.5, 0.6) is 0 Å². The summed E-state index contributed by atoms with van der Waals surface area (Å²) < 4.78 is 5.24. The Morgan fingerprint density at radius 3 is 0.854 bits per heavy atom. The zero-order valence-electron chi connectivity index (χ0n) is 28.2. The predicted octanol–water partition coefficient (Wildman–Crippen LogP) is 11.3. The second kappa shape index (κ2) is 50.0. The molecule has 0 aliphatic rings. The average Bonchev–Trinajstić information content (AvgIpc) is 3.00. The second-order valence-electron chi connectivity index (χ2n) is 11.7. The zero-order valence-corrected chi connectivity index (χ0v) is 29.8. The molecule has 0 aliphatic carbocycles. The standard InChI is InChI=1S/C18H38O2.C16H33Br.C2H6O2/c1-2-3-4-5-6-7-8-9-10-11-12-13-14-15-17-20-18-16-19;1-2-3-4-5-6-7-8-9-10-11-12-13-14-15-16-17;3-1-2-4/h19H,2-18H2,1H3;2-16H2,1H3;3-4H,1-2H2. The Balaban J connectivity index is -0.000000628. The number of aliphatic hydroxyl groups excluding tert-OH is 3. The molecule has 0 aromatic carbocycles. The highest BCUT2D eigenvalue weighted by Gasteiger charge is 1.95. The van der Waals surface area contributed by atoms with Crippen molar-refractivity contribution in [3.63, 3.8) is 0 Å². The second-order valence-corrected chi connectivity index (χ2v) is 12.5. The summed E-state index contributed by atoms with van der Waals surface area (Å²) in [5.41, 5.74) is 0. The number of ether oxygens (including phenoxy) is 1. The van der Waals surface area contributed by atoms with E-state index in [1.54, 1.807) is 0 Å². The van der Waals surface area contributed by atoms with Crippen LogP contribution in [0.4, 0.5) is 0 Å². The highest BCUT2D eigenvalue weighted by molar-refractivity contribution is 9.09. The minimum atomic E-state index is -0.125. The molecule has 0 radical (unpaired) electrons. The molecule has 0 fully saturated rings. The monoisotopic (exact) mass is 653 g/mol. The van der Waals surface area contributed by atoms with Crippen LogP contribution in [-0.2, 0) is 4.74 Å². The van der Waals surface area contributed by atoms with Gasteiger partial charge in [0.2, 0.25) is 0 Å². The molecule has 0 bridgehead atoms. The van der Waals surface area contributed by atoms with Gasteiger partial charge < -0.3 is 20.1 Å². The number of alkyl halides is 1. The molecule has 3 N–H and O–H groups in total. The van der Waals surface area contributed by atoms with E-state index in [1.807, 2.05) is 0 Å². The van der Waals surface area contributed by atoms with Crippen molar-refractivity contribution >= 4 is 15.9 Å². The van der Waals surface area contributed by atoms with Gasteiger partial charge in [0.15, 0.2) is 0 Å². The number of unbranched alkanes of at least 4 members (excludes halogenated alkanes) is 26. The Labute approximate surface area is 267 Å². The van der Waals surface area contributed by atoms with Gasteiger partial charge in [-0.15, -0.1) is 0 Å². The van der Waals surface area contributed by atoms with Crippen molar-refractivity contribution in [1.29, 1.82) is 0 Å². The topological polar surface area (TPSA) is 69.9 Å². The van der Waals surface area contributed by atoms with Crippen LogP contribution >= 0.6 is 15.9 Å². The molecule has 0 saturated carbocycles. The molecule has 0 aromatic heterocycles. The van der Waals surface area contributed by atoms with E-state index in [9.17, 15) is 0 Å². The molecule has 0 aromatic rings. The minimum Gasteiger partial charge on any atom is -0.394 e. The fraction of sp³-hybridized carbons (Fsp3) is 1.00. The SMILES string of the molecule is CCCCCCCCCCCCCCCCBr.CCCCCCCCCCCCCCCCOCCO.OCCO. The van der Waals surface area contributed by atoms with Gasteiger partial charge in [-0.2, -0.15) is 0 Å². The van der Waals surface area contributed by atoms with Crippen molar-refractivity contribution in [3.8, 4) is 0 Å². The lowest BCUT2D eigenvalue weighted by Crippen LogP contribution is -2.00. The molecule has 0 heterocycles. The number of aliphatic hydroxyl groups is 3. The smallest absolute Gasteiger partial charge is 0.0697 e. The lowest BCUT2D eigenvalue weighted by atomic mass is 10.0. The van der Waals surface area contributed by atoms with Crippen LogP contribution < -0.4 is 0 Å². The van der Waals surface area contributed by atoms with Crippen molar-refractivity contribution in [3.05, 3.63) is 0 Å². The highest BCUT2D eigenvalue weighted by atomic mass is 79.9. The van der Waals surface area contributed by atoms with Gasteiger partial charge >= 0.3 is 0 Å². The Bertz CT molecular complexity index is 351. The first-order valence-corrected chi connectivity index (χ1v) is 19.3. The van der Waals surface area contributed by atoms with Gasteiger partial charge in [0.1, 0.15) is 0 Å². The van der Waals surface area contributed by atoms with Gasteiger partial charge in [0.05, 0.1) is 26.4 Å². The van der Waals surface area contributed by atoms with Crippen LogP contribution in [0.25, 0.3) is 0 Å². The molecule has 0 rings (SSSR count). The number of rotatable bonds is 32. The van der Waals surface area contributed by atoms with E-state index in [4.69, 9.17) is 20.1 Å². The maximum Gasteiger partial charge on any atom is 0.0697 e. The van der Waals surface area contributed by atoms with Gasteiger partial charge in [-0.3, -0.25) is 0 Å². The Hall–Kier alpha value is 0.320. The van der Waals surface area contributed by atoms with Crippen LogP contribution in [0.2, 0.25) is 0 Å². The van der Waals surface area contributed by atoms with E-state index >= 15 is 0 Å². The molecular formula is C36H77BrO4. The minimum absolute atomic E-state index is 0.125. The average molecular weight is 654 g/mol. The van der Waals surface area contributed by atoms with Gasteiger partial charge in [0, 0.05) is 11.9 Å². The molecule has 0 spiro atoms. The first-order valence-electron chi connectivity index (χ1n) is 18.2. The maximum absolute atomic E-state index is 8.56. The lowest BCUT2D eigenvalue weighted by molar-refractivity contribution is 0.0895. The van der Waals surface area contributed by atoms with E-state index in [-0.39, 0.29) is 19.8 Å². The van der Waals surface area contributed by atoms with E-state index in [1.165, 1.54) is 179 Å². The Morgan fingerprint density at radius 1 is 0.341 bits per heavy atom. The fourth-order valence-electron chi connectivity index (χ4n) is 4.85. The van der Waals surface area contributed by atoms with Crippen LogP contribution in [-0.4, -0.2) is 53.7 Å². The molecule has 41 heavy (non-hydrogen) atoms. The van der Waals surface area contributed by atoms with Crippen molar-refractivity contribution in [2.75, 3.05) is 38.4 Å². The molecular weight excluding hydrogens is 576 g/mol. The molecule has 0 aliphatic heterocycles. The number of hydrogen-bond donors (Lipinski definition) is 3. The molecule has 0 unspecified atom stereocenters. The molecule has 0 saturated heterocycles. The zero-order chi connectivity index (χ0) is 30.7. The highest BCUT2D eigenvalue weighted by Crippen LogP contribution is 2.14. The summed E-state index contributed by atoms with van der Waals surface area (Å²) in [6.45, 7) is 5.79. The molecule has 0 atom stereocenters. The first kappa shape index (κ1) is 45.7. The molecule has 252 valence electrons. The van der Waals surface area contributed by atoms with Gasteiger partial charge in [-0.1, -0.05) is 197 Å². The number of halogens is 1. The quantitative estimate of drug-likeness (QED) is 0.0499. The largest absolute Gasteiger partial charge is 0.394 e. The van der Waals surface area contributed by atoms with Crippen molar-refractivity contribution < 1.29 is 20.1 Å². The maximum atomic E-state index is 8.56. The Morgan fingerprint density at radius 2 is 0.610 bits per heavy atom. The summed E-state index contributed by atoms with van der Waals surface area (Å²) in [6, 6.07) is 0. The third-order valence-corrected chi connectivity index (χ3v) is 8.03. The van der Waals surface area contributed by atoms with Gasteiger partial charge in [-0.25, -0.2) is 0 Å². The molecule has 4 nitrogen and oxygen atoms in total. The van der Waals surface area contributed by atoms with E-state index in [2.05, 4.69) is 29.8 Å². The molecule has 5 heteroatoms. The van der Waals surface area contributed by atoms with E-state index in [0.717, 1.165) is 13.0 Å². The normalized spacial score (nSPS) is 10.7. The third kappa shape index (κ3) is 56.7. The molecule has 0 amide bonds. The summed E-state index contributed by atoms with van der Waals surface area (Å²) in [5.74, 6) is 0. The summed E-state index contributed by atoms with van der Waals surface area (Å²) in [4.78, 5) is 0. The van der Waals surface area contributed by atoms with Crippen molar-refractivity contribution in [1.82, 2.24) is 0 Å². The summed E-state index contributed by atoms with van der Waals surface area (Å²) in [7, 11) is 0. The van der Waals surface area contributed by atoms with Gasteiger partial charge in [0.25, 0.3) is 0 Å². The predicted molar refractivity (Wildman–Crippen MR) is 186 cm³/mol. The lowest BCUT2D eigenvalue weighted by Gasteiger charge is -2.03. The van der Waals surface area contributed by atoms with Crippen LogP contribution in [0.1, 0.15) is 194 Å². The van der Waals surface area contributed by atoms with Crippen molar-refractivity contribution in [2.45, 2.75) is 194 Å².